The predicted octanol–water partition coefficient (Wildman–Crippen LogP) is 2.87. The van der Waals surface area contributed by atoms with Crippen LogP contribution in [0.5, 0.6) is 23.0 Å². The van der Waals surface area contributed by atoms with Crippen LogP contribution in [-0.4, -0.2) is 40.0 Å². The third kappa shape index (κ3) is 5.01. The van der Waals surface area contributed by atoms with Gasteiger partial charge < -0.3 is 24.3 Å². The van der Waals surface area contributed by atoms with Gasteiger partial charge in [0.2, 0.25) is 5.75 Å². The van der Waals surface area contributed by atoms with Gasteiger partial charge in [-0.05, 0) is 6.42 Å². The Morgan fingerprint density at radius 3 is 1.95 bits per heavy atom. The predicted molar refractivity (Wildman–Crippen MR) is 83.9 cm³/mol. The van der Waals surface area contributed by atoms with Gasteiger partial charge >= 0.3 is 0 Å². The Labute approximate surface area is 127 Å². The van der Waals surface area contributed by atoms with Gasteiger partial charge in [0.1, 0.15) is 11.9 Å². The number of hydrogen-bond donors (Lipinski definition) is 1. The van der Waals surface area contributed by atoms with Crippen LogP contribution in [0.1, 0.15) is 27.2 Å². The SMILES string of the molecule is CCC(CNC(C)C)Oc1cc(OC)c(OC)c(OC)c1. The van der Waals surface area contributed by atoms with Crippen molar-refractivity contribution in [2.24, 2.45) is 0 Å². The first-order chi connectivity index (χ1) is 10.0. The summed E-state index contributed by atoms with van der Waals surface area (Å²) in [7, 11) is 4.78. The van der Waals surface area contributed by atoms with Crippen molar-refractivity contribution in [2.75, 3.05) is 27.9 Å². The molecule has 0 spiro atoms. The highest BCUT2D eigenvalue weighted by atomic mass is 16.5. The van der Waals surface area contributed by atoms with Crippen LogP contribution in [0.25, 0.3) is 0 Å². The van der Waals surface area contributed by atoms with Gasteiger partial charge in [0.25, 0.3) is 0 Å². The average molecular weight is 297 g/mol. The molecule has 0 radical (unpaired) electrons. The fourth-order valence-electron chi connectivity index (χ4n) is 1.95. The van der Waals surface area contributed by atoms with Crippen LogP contribution in [0.2, 0.25) is 0 Å². The second-order valence-electron chi connectivity index (χ2n) is 5.07. The molecule has 0 amide bonds. The molecule has 5 heteroatoms. The Morgan fingerprint density at radius 1 is 1.00 bits per heavy atom. The molecule has 0 fully saturated rings. The van der Waals surface area contributed by atoms with Crippen molar-refractivity contribution >= 4 is 0 Å². The second kappa shape index (κ2) is 8.62. The topological polar surface area (TPSA) is 49.0 Å². The minimum atomic E-state index is 0.0928. The van der Waals surface area contributed by atoms with Gasteiger partial charge in [-0.25, -0.2) is 0 Å². The van der Waals surface area contributed by atoms with Gasteiger partial charge in [0.05, 0.1) is 21.3 Å². The molecule has 0 bridgehead atoms. The molecule has 1 atom stereocenters. The Kier molecular flexibility index (Phi) is 7.15. The highest BCUT2D eigenvalue weighted by Gasteiger charge is 2.16. The molecule has 0 aliphatic heterocycles. The van der Waals surface area contributed by atoms with Crippen molar-refractivity contribution in [1.82, 2.24) is 5.32 Å². The number of ether oxygens (including phenoxy) is 4. The first kappa shape index (κ1) is 17.4. The lowest BCUT2D eigenvalue weighted by Crippen LogP contribution is -2.34. The van der Waals surface area contributed by atoms with Crippen molar-refractivity contribution in [1.29, 1.82) is 0 Å². The zero-order valence-corrected chi connectivity index (χ0v) is 13.9. The Hall–Kier alpha value is -1.62. The molecule has 1 unspecified atom stereocenters. The zero-order valence-electron chi connectivity index (χ0n) is 13.9. The molecule has 0 aromatic heterocycles. The molecule has 5 nitrogen and oxygen atoms in total. The highest BCUT2D eigenvalue weighted by molar-refractivity contribution is 5.55. The quantitative estimate of drug-likeness (QED) is 0.759. The van der Waals surface area contributed by atoms with Gasteiger partial charge in [-0.2, -0.15) is 0 Å². The summed E-state index contributed by atoms with van der Waals surface area (Å²) in [6.45, 7) is 7.13. The molecule has 120 valence electrons. The molecule has 1 aromatic carbocycles. The number of benzene rings is 1. The summed E-state index contributed by atoms with van der Waals surface area (Å²) >= 11 is 0. The summed E-state index contributed by atoms with van der Waals surface area (Å²) in [5, 5.41) is 3.38. The Balaban J connectivity index is 2.91. The van der Waals surface area contributed by atoms with E-state index in [0.717, 1.165) is 13.0 Å². The first-order valence-electron chi connectivity index (χ1n) is 7.25. The summed E-state index contributed by atoms with van der Waals surface area (Å²) in [6.07, 6.45) is 1.01. The fraction of sp³-hybridized carbons (Fsp3) is 0.625. The maximum atomic E-state index is 6.02. The van der Waals surface area contributed by atoms with Gasteiger partial charge in [-0.3, -0.25) is 0 Å². The first-order valence-corrected chi connectivity index (χ1v) is 7.25. The molecule has 0 aliphatic carbocycles. The van der Waals surface area contributed by atoms with E-state index in [1.807, 2.05) is 12.1 Å². The lowest BCUT2D eigenvalue weighted by Gasteiger charge is -2.21. The Bertz CT molecular complexity index is 409. The van der Waals surface area contributed by atoms with Crippen molar-refractivity contribution in [3.05, 3.63) is 12.1 Å². The van der Waals surface area contributed by atoms with E-state index in [4.69, 9.17) is 18.9 Å². The van der Waals surface area contributed by atoms with E-state index < -0.39 is 0 Å². The number of methoxy groups -OCH3 is 3. The van der Waals surface area contributed by atoms with Gasteiger partial charge in [0, 0.05) is 24.7 Å². The van der Waals surface area contributed by atoms with E-state index in [9.17, 15) is 0 Å². The van der Waals surface area contributed by atoms with E-state index >= 15 is 0 Å². The van der Waals surface area contributed by atoms with E-state index in [1.165, 1.54) is 0 Å². The van der Waals surface area contributed by atoms with Crippen molar-refractivity contribution < 1.29 is 18.9 Å². The molecule has 21 heavy (non-hydrogen) atoms. The third-order valence-electron chi connectivity index (χ3n) is 3.15. The molecule has 0 saturated carbocycles. The normalized spacial score (nSPS) is 12.1. The smallest absolute Gasteiger partial charge is 0.203 e. The molecular formula is C16H27NO4. The zero-order chi connectivity index (χ0) is 15.8. The lowest BCUT2D eigenvalue weighted by atomic mass is 10.2. The van der Waals surface area contributed by atoms with Crippen LogP contribution in [0.15, 0.2) is 12.1 Å². The maximum Gasteiger partial charge on any atom is 0.203 e. The molecule has 1 aromatic rings. The van der Waals surface area contributed by atoms with Crippen LogP contribution in [0.3, 0.4) is 0 Å². The van der Waals surface area contributed by atoms with Gasteiger partial charge in [0.15, 0.2) is 11.5 Å². The Morgan fingerprint density at radius 2 is 1.57 bits per heavy atom. The molecular weight excluding hydrogens is 270 g/mol. The standard InChI is InChI=1S/C16H27NO4/c1-7-12(10-17-11(2)3)21-13-8-14(18-4)16(20-6)15(9-13)19-5/h8-9,11-12,17H,7,10H2,1-6H3. The molecule has 0 heterocycles. The minimum Gasteiger partial charge on any atom is -0.493 e. The van der Waals surface area contributed by atoms with Crippen LogP contribution < -0.4 is 24.3 Å². The number of nitrogens with one attached hydrogen (secondary N) is 1. The van der Waals surface area contributed by atoms with Crippen LogP contribution in [0.4, 0.5) is 0 Å². The molecule has 0 aliphatic rings. The van der Waals surface area contributed by atoms with E-state index in [-0.39, 0.29) is 6.10 Å². The largest absolute Gasteiger partial charge is 0.493 e. The van der Waals surface area contributed by atoms with E-state index in [1.54, 1.807) is 21.3 Å². The molecule has 1 rings (SSSR count). The number of rotatable bonds is 9. The number of hydrogen-bond acceptors (Lipinski definition) is 5. The monoisotopic (exact) mass is 297 g/mol. The van der Waals surface area contributed by atoms with Crippen molar-refractivity contribution in [2.45, 2.75) is 39.3 Å². The summed E-state index contributed by atoms with van der Waals surface area (Å²) in [6, 6.07) is 4.07. The summed E-state index contributed by atoms with van der Waals surface area (Å²) in [5.74, 6) is 2.47. The van der Waals surface area contributed by atoms with E-state index in [0.29, 0.717) is 29.0 Å². The second-order valence-corrected chi connectivity index (χ2v) is 5.07. The van der Waals surface area contributed by atoms with Crippen molar-refractivity contribution in [3.8, 4) is 23.0 Å². The summed E-state index contributed by atoms with van der Waals surface area (Å²) < 4.78 is 22.0. The van der Waals surface area contributed by atoms with Crippen LogP contribution in [-0.2, 0) is 0 Å². The minimum absolute atomic E-state index is 0.0928. The fourth-order valence-corrected chi connectivity index (χ4v) is 1.95. The molecule has 0 saturated heterocycles. The summed E-state index contributed by atoms with van der Waals surface area (Å²) in [5.41, 5.74) is 0. The summed E-state index contributed by atoms with van der Waals surface area (Å²) in [4.78, 5) is 0. The van der Waals surface area contributed by atoms with Crippen LogP contribution >= 0.6 is 0 Å². The third-order valence-corrected chi connectivity index (χ3v) is 3.15. The van der Waals surface area contributed by atoms with Gasteiger partial charge in [-0.1, -0.05) is 20.8 Å². The molecule has 1 N–H and O–H groups in total. The maximum absolute atomic E-state index is 6.02. The van der Waals surface area contributed by atoms with Crippen LogP contribution in [0, 0.1) is 0 Å². The highest BCUT2D eigenvalue weighted by Crippen LogP contribution is 2.41. The lowest BCUT2D eigenvalue weighted by molar-refractivity contribution is 0.188. The van der Waals surface area contributed by atoms with Crippen molar-refractivity contribution in [3.63, 3.8) is 0 Å². The average Bonchev–Trinajstić information content (AvgIpc) is 2.49. The van der Waals surface area contributed by atoms with Gasteiger partial charge in [-0.15, -0.1) is 0 Å². The van der Waals surface area contributed by atoms with E-state index in [2.05, 4.69) is 26.1 Å².